The van der Waals surface area contributed by atoms with E-state index in [0.29, 0.717) is 18.6 Å². The molecule has 16 heteroatoms. The summed E-state index contributed by atoms with van der Waals surface area (Å²) >= 11 is 0. The van der Waals surface area contributed by atoms with E-state index in [1.165, 1.54) is 52.1 Å². The molecule has 0 aromatic rings. The normalized spacial score (nSPS) is 11.4. The van der Waals surface area contributed by atoms with Gasteiger partial charge in [0, 0.05) is 32.4 Å². The Morgan fingerprint density at radius 3 is 1.51 bits per heavy atom. The second kappa shape index (κ2) is 37.3. The van der Waals surface area contributed by atoms with Gasteiger partial charge in [0.15, 0.2) is 0 Å². The standard InChI is InChI=1S/C39H69N3O13/c1-32(2)55-38(48)19-17-15-13-11-9-7-5-4-6-8-10-12-14-16-18-35(44)42-33(39(49)50-3)20-21-34(43)40-22-24-51-26-28-53-30-36(45)41-23-25-52-27-29-54-31-37(46)47/h33H,1,4-31H2,2-3H3,(H,40,43)(H,41,45)(H,42,44)(H,46,47)/t33-/m0/s1. The third kappa shape index (κ3) is 37.1. The van der Waals surface area contributed by atoms with Crippen LogP contribution in [0.15, 0.2) is 12.3 Å². The van der Waals surface area contributed by atoms with E-state index in [2.05, 4.69) is 22.5 Å². The van der Waals surface area contributed by atoms with Gasteiger partial charge in [-0.05, 0) is 26.2 Å². The Hall–Kier alpha value is -3.60. The molecular formula is C39H69N3O13. The van der Waals surface area contributed by atoms with Gasteiger partial charge in [-0.3, -0.25) is 19.2 Å². The Kier molecular flexibility index (Phi) is 34.9. The maximum absolute atomic E-state index is 12.5. The number of carboxylic acids is 1. The van der Waals surface area contributed by atoms with Gasteiger partial charge in [-0.1, -0.05) is 83.6 Å². The SMILES string of the molecule is C=C(C)OC(=O)CCCCCCCCCCCCCCCCC(=O)N[C@@H](CCC(=O)NCCOCCOCC(=O)NCCOCCOCC(=O)O)C(=O)OC. The molecule has 0 saturated heterocycles. The van der Waals surface area contributed by atoms with E-state index in [-0.39, 0.29) is 102 Å². The number of rotatable bonds is 39. The van der Waals surface area contributed by atoms with Crippen molar-refractivity contribution in [2.75, 3.05) is 73.1 Å². The quantitative estimate of drug-likeness (QED) is 0.0393. The summed E-state index contributed by atoms with van der Waals surface area (Å²) < 4.78 is 30.4. The van der Waals surface area contributed by atoms with Crippen LogP contribution in [-0.4, -0.2) is 120 Å². The number of unbranched alkanes of at least 4 members (excludes halogenated alkanes) is 13. The largest absolute Gasteiger partial charge is 0.480 e. The van der Waals surface area contributed by atoms with Gasteiger partial charge in [-0.2, -0.15) is 0 Å². The van der Waals surface area contributed by atoms with Crippen LogP contribution in [0.25, 0.3) is 0 Å². The Morgan fingerprint density at radius 1 is 0.564 bits per heavy atom. The third-order valence-corrected chi connectivity index (χ3v) is 8.14. The van der Waals surface area contributed by atoms with E-state index in [1.807, 2.05) is 0 Å². The molecule has 0 rings (SSSR count). The molecule has 0 bridgehead atoms. The van der Waals surface area contributed by atoms with Gasteiger partial charge >= 0.3 is 17.9 Å². The lowest BCUT2D eigenvalue weighted by atomic mass is 10.0. The Balaban J connectivity index is 3.75. The van der Waals surface area contributed by atoms with Crippen LogP contribution in [0.2, 0.25) is 0 Å². The lowest BCUT2D eigenvalue weighted by Crippen LogP contribution is -2.42. The molecule has 318 valence electrons. The molecule has 0 heterocycles. The number of carbonyl (C=O) groups excluding carboxylic acids is 5. The van der Waals surface area contributed by atoms with E-state index in [9.17, 15) is 28.8 Å². The smallest absolute Gasteiger partial charge is 0.329 e. The van der Waals surface area contributed by atoms with Crippen molar-refractivity contribution in [1.29, 1.82) is 0 Å². The zero-order chi connectivity index (χ0) is 40.8. The van der Waals surface area contributed by atoms with Gasteiger partial charge in [0.2, 0.25) is 17.7 Å². The molecule has 0 aliphatic heterocycles. The molecule has 0 spiro atoms. The molecule has 0 fully saturated rings. The minimum Gasteiger partial charge on any atom is -0.480 e. The van der Waals surface area contributed by atoms with E-state index in [1.54, 1.807) is 6.92 Å². The van der Waals surface area contributed by atoms with Gasteiger partial charge in [0.05, 0.1) is 52.5 Å². The second-order valence-corrected chi connectivity index (χ2v) is 13.2. The van der Waals surface area contributed by atoms with Crippen molar-refractivity contribution in [3.05, 3.63) is 12.3 Å². The molecule has 0 aliphatic carbocycles. The van der Waals surface area contributed by atoms with Crippen LogP contribution >= 0.6 is 0 Å². The lowest BCUT2D eigenvalue weighted by molar-refractivity contribution is -0.145. The number of esters is 2. The third-order valence-electron chi connectivity index (χ3n) is 8.14. The zero-order valence-corrected chi connectivity index (χ0v) is 33.4. The van der Waals surface area contributed by atoms with Gasteiger partial charge in [0.1, 0.15) is 19.3 Å². The van der Waals surface area contributed by atoms with E-state index in [0.717, 1.165) is 44.9 Å². The van der Waals surface area contributed by atoms with Crippen molar-refractivity contribution >= 4 is 35.6 Å². The Morgan fingerprint density at radius 2 is 1.02 bits per heavy atom. The van der Waals surface area contributed by atoms with Crippen LogP contribution in [0.4, 0.5) is 0 Å². The summed E-state index contributed by atoms with van der Waals surface area (Å²) in [6, 6.07) is -0.899. The average Bonchev–Trinajstić information content (AvgIpc) is 3.14. The summed E-state index contributed by atoms with van der Waals surface area (Å²) in [4.78, 5) is 70.5. The fraction of sp³-hybridized carbons (Fsp3) is 0.795. The van der Waals surface area contributed by atoms with Gasteiger partial charge in [-0.25, -0.2) is 9.59 Å². The number of carboxylic acid groups (broad SMARTS) is 1. The van der Waals surface area contributed by atoms with Crippen molar-refractivity contribution in [2.24, 2.45) is 0 Å². The predicted octanol–water partition coefficient (Wildman–Crippen LogP) is 4.13. The first-order valence-electron chi connectivity index (χ1n) is 19.8. The van der Waals surface area contributed by atoms with E-state index < -0.39 is 18.0 Å². The van der Waals surface area contributed by atoms with E-state index in [4.69, 9.17) is 33.5 Å². The molecule has 0 saturated carbocycles. The molecule has 0 aromatic carbocycles. The fourth-order valence-electron chi connectivity index (χ4n) is 5.28. The molecule has 0 unspecified atom stereocenters. The maximum atomic E-state index is 12.5. The fourth-order valence-corrected chi connectivity index (χ4v) is 5.28. The molecule has 0 radical (unpaired) electrons. The summed E-state index contributed by atoms with van der Waals surface area (Å²) in [7, 11) is 1.24. The second-order valence-electron chi connectivity index (χ2n) is 13.2. The first-order chi connectivity index (χ1) is 26.5. The molecule has 0 aromatic heterocycles. The van der Waals surface area contributed by atoms with Crippen LogP contribution in [0.3, 0.4) is 0 Å². The number of allylic oxidation sites excluding steroid dienone is 1. The number of nitrogens with one attached hydrogen (secondary N) is 3. The van der Waals surface area contributed by atoms with Crippen molar-refractivity contribution in [2.45, 2.75) is 129 Å². The Bertz CT molecular complexity index is 1070. The number of aliphatic carboxylic acids is 1. The van der Waals surface area contributed by atoms with Crippen LogP contribution in [-0.2, 0) is 57.2 Å². The van der Waals surface area contributed by atoms with E-state index >= 15 is 0 Å². The Labute approximate surface area is 327 Å². The van der Waals surface area contributed by atoms with Crippen LogP contribution in [0, 0.1) is 0 Å². The van der Waals surface area contributed by atoms with Crippen LogP contribution < -0.4 is 16.0 Å². The number of methoxy groups -OCH3 is 1. The molecule has 4 N–H and O–H groups in total. The number of ether oxygens (including phenoxy) is 6. The number of hydrogen-bond donors (Lipinski definition) is 4. The first kappa shape index (κ1) is 51.4. The number of carbonyl (C=O) groups is 6. The van der Waals surface area contributed by atoms with Gasteiger partial charge in [0.25, 0.3) is 0 Å². The van der Waals surface area contributed by atoms with Crippen molar-refractivity contribution in [1.82, 2.24) is 16.0 Å². The predicted molar refractivity (Wildman–Crippen MR) is 205 cm³/mol. The minimum absolute atomic E-state index is 0.0255. The van der Waals surface area contributed by atoms with Crippen molar-refractivity contribution < 1.29 is 62.3 Å². The monoisotopic (exact) mass is 787 g/mol. The summed E-state index contributed by atoms with van der Waals surface area (Å²) in [5.74, 6) is -2.23. The molecule has 0 aliphatic rings. The summed E-state index contributed by atoms with van der Waals surface area (Å²) in [5, 5.41) is 16.5. The first-order valence-corrected chi connectivity index (χ1v) is 19.8. The molecule has 16 nitrogen and oxygen atoms in total. The topological polar surface area (TPSA) is 214 Å². The van der Waals surface area contributed by atoms with Crippen molar-refractivity contribution in [3.8, 4) is 0 Å². The highest BCUT2D eigenvalue weighted by atomic mass is 16.5. The van der Waals surface area contributed by atoms with Gasteiger partial charge < -0.3 is 49.5 Å². The number of hydrogen-bond acceptors (Lipinski definition) is 12. The van der Waals surface area contributed by atoms with Crippen LogP contribution in [0.5, 0.6) is 0 Å². The maximum Gasteiger partial charge on any atom is 0.329 e. The highest BCUT2D eigenvalue weighted by Crippen LogP contribution is 2.14. The molecule has 55 heavy (non-hydrogen) atoms. The summed E-state index contributed by atoms with van der Waals surface area (Å²) in [6.45, 7) is 6.50. The summed E-state index contributed by atoms with van der Waals surface area (Å²) in [5.41, 5.74) is 0. The van der Waals surface area contributed by atoms with Crippen LogP contribution in [0.1, 0.15) is 122 Å². The summed E-state index contributed by atoms with van der Waals surface area (Å²) in [6.07, 6.45) is 16.5. The molecule has 3 amide bonds. The minimum atomic E-state index is -1.05. The molecule has 1 atom stereocenters. The molecular weight excluding hydrogens is 718 g/mol. The average molecular weight is 788 g/mol. The lowest BCUT2D eigenvalue weighted by Gasteiger charge is -2.16. The van der Waals surface area contributed by atoms with Gasteiger partial charge in [-0.15, -0.1) is 0 Å². The number of amides is 3. The highest BCUT2D eigenvalue weighted by Gasteiger charge is 2.22. The van der Waals surface area contributed by atoms with Crippen molar-refractivity contribution in [3.63, 3.8) is 0 Å². The zero-order valence-electron chi connectivity index (χ0n) is 33.4. The highest BCUT2D eigenvalue weighted by molar-refractivity contribution is 5.85.